The SMILES string of the molecule is CCCCCCCCCn1c(CCC)nc2scc(C(=O)O)c2c1=O. The quantitative estimate of drug-likeness (QED) is 0.578. The van der Waals surface area contributed by atoms with E-state index >= 15 is 0 Å². The number of rotatable bonds is 11. The molecule has 2 aromatic rings. The van der Waals surface area contributed by atoms with Crippen molar-refractivity contribution < 1.29 is 9.90 Å². The molecule has 0 saturated heterocycles. The largest absolute Gasteiger partial charge is 0.478 e. The first kappa shape index (κ1) is 19.6. The van der Waals surface area contributed by atoms with Gasteiger partial charge in [-0.2, -0.15) is 0 Å². The van der Waals surface area contributed by atoms with Crippen molar-refractivity contribution in [2.45, 2.75) is 78.2 Å². The van der Waals surface area contributed by atoms with Crippen LogP contribution in [-0.2, 0) is 13.0 Å². The summed E-state index contributed by atoms with van der Waals surface area (Å²) >= 11 is 1.24. The van der Waals surface area contributed by atoms with Gasteiger partial charge >= 0.3 is 5.97 Å². The van der Waals surface area contributed by atoms with E-state index in [4.69, 9.17) is 0 Å². The molecule has 25 heavy (non-hydrogen) atoms. The monoisotopic (exact) mass is 364 g/mol. The first-order valence-electron chi connectivity index (χ1n) is 9.34. The Balaban J connectivity index is 2.17. The Kier molecular flexibility index (Phi) is 7.62. The molecule has 0 aliphatic heterocycles. The van der Waals surface area contributed by atoms with Gasteiger partial charge in [0, 0.05) is 18.3 Å². The van der Waals surface area contributed by atoms with E-state index in [1.165, 1.54) is 48.8 Å². The number of aromatic carboxylic acids is 1. The van der Waals surface area contributed by atoms with E-state index in [0.29, 0.717) is 11.4 Å². The molecule has 2 aromatic heterocycles. The van der Waals surface area contributed by atoms with Gasteiger partial charge in [-0.15, -0.1) is 11.3 Å². The third-order valence-corrected chi connectivity index (χ3v) is 5.33. The van der Waals surface area contributed by atoms with E-state index in [9.17, 15) is 14.7 Å². The normalized spacial score (nSPS) is 11.3. The predicted molar refractivity (Wildman–Crippen MR) is 103 cm³/mol. The maximum atomic E-state index is 12.9. The molecule has 2 rings (SSSR count). The van der Waals surface area contributed by atoms with Crippen LogP contribution in [-0.4, -0.2) is 20.6 Å². The van der Waals surface area contributed by atoms with Crippen molar-refractivity contribution in [1.29, 1.82) is 0 Å². The highest BCUT2D eigenvalue weighted by Gasteiger charge is 2.19. The summed E-state index contributed by atoms with van der Waals surface area (Å²) in [5.74, 6) is -0.277. The second-order valence-corrected chi connectivity index (χ2v) is 7.35. The molecule has 1 N–H and O–H groups in total. The van der Waals surface area contributed by atoms with Crippen molar-refractivity contribution in [2.75, 3.05) is 0 Å². The summed E-state index contributed by atoms with van der Waals surface area (Å²) in [5, 5.41) is 11.1. The number of fused-ring (bicyclic) bond motifs is 1. The molecular formula is C19H28N2O3S. The Morgan fingerprint density at radius 2 is 1.80 bits per heavy atom. The molecule has 6 heteroatoms. The summed E-state index contributed by atoms with van der Waals surface area (Å²) in [4.78, 5) is 29.4. The number of hydrogen-bond donors (Lipinski definition) is 1. The highest BCUT2D eigenvalue weighted by atomic mass is 32.1. The van der Waals surface area contributed by atoms with Gasteiger partial charge in [-0.25, -0.2) is 9.78 Å². The Morgan fingerprint density at radius 3 is 2.44 bits per heavy atom. The van der Waals surface area contributed by atoms with E-state index in [1.807, 2.05) is 0 Å². The van der Waals surface area contributed by atoms with Crippen LogP contribution in [0.15, 0.2) is 10.2 Å². The summed E-state index contributed by atoms with van der Waals surface area (Å²) in [7, 11) is 0. The number of aromatic nitrogens is 2. The van der Waals surface area contributed by atoms with Crippen molar-refractivity contribution >= 4 is 27.5 Å². The number of carbonyl (C=O) groups is 1. The lowest BCUT2D eigenvalue weighted by molar-refractivity contribution is 0.0699. The molecular weight excluding hydrogens is 336 g/mol. The number of aryl methyl sites for hydroxylation is 1. The number of thiophene rings is 1. The molecule has 5 nitrogen and oxygen atoms in total. The molecule has 0 aromatic carbocycles. The number of nitrogens with zero attached hydrogens (tertiary/aromatic N) is 2. The topological polar surface area (TPSA) is 72.2 Å². The number of hydrogen-bond acceptors (Lipinski definition) is 4. The van der Waals surface area contributed by atoms with Crippen LogP contribution < -0.4 is 5.56 Å². The molecule has 0 spiro atoms. The first-order valence-corrected chi connectivity index (χ1v) is 10.2. The number of carboxylic acid groups (broad SMARTS) is 1. The second-order valence-electron chi connectivity index (χ2n) is 6.49. The Labute approximate surface area is 152 Å². The van der Waals surface area contributed by atoms with Gasteiger partial charge in [-0.3, -0.25) is 9.36 Å². The zero-order valence-corrected chi connectivity index (χ0v) is 16.0. The predicted octanol–water partition coefficient (Wildman–Crippen LogP) is 4.86. The zero-order chi connectivity index (χ0) is 18.2. The van der Waals surface area contributed by atoms with Crippen LogP contribution in [0.5, 0.6) is 0 Å². The molecule has 0 saturated carbocycles. The fourth-order valence-electron chi connectivity index (χ4n) is 3.10. The number of unbranched alkanes of at least 4 members (excludes halogenated alkanes) is 6. The lowest BCUT2D eigenvalue weighted by Crippen LogP contribution is -2.26. The van der Waals surface area contributed by atoms with Crippen molar-refractivity contribution in [1.82, 2.24) is 9.55 Å². The van der Waals surface area contributed by atoms with E-state index in [0.717, 1.165) is 31.5 Å². The van der Waals surface area contributed by atoms with Crippen LogP contribution in [0.1, 0.15) is 81.4 Å². The molecule has 138 valence electrons. The first-order chi connectivity index (χ1) is 12.1. The van der Waals surface area contributed by atoms with E-state index in [-0.39, 0.29) is 16.5 Å². The van der Waals surface area contributed by atoms with Crippen LogP contribution in [0.4, 0.5) is 0 Å². The summed E-state index contributed by atoms with van der Waals surface area (Å²) in [6.07, 6.45) is 9.92. The van der Waals surface area contributed by atoms with Gasteiger partial charge in [0.25, 0.3) is 5.56 Å². The Bertz CT molecular complexity index is 764. The molecule has 0 bridgehead atoms. The zero-order valence-electron chi connectivity index (χ0n) is 15.2. The highest BCUT2D eigenvalue weighted by Crippen LogP contribution is 2.22. The van der Waals surface area contributed by atoms with Crippen molar-refractivity contribution in [2.24, 2.45) is 0 Å². The highest BCUT2D eigenvalue weighted by molar-refractivity contribution is 7.17. The lowest BCUT2D eigenvalue weighted by atomic mass is 10.1. The van der Waals surface area contributed by atoms with Crippen molar-refractivity contribution in [3.63, 3.8) is 0 Å². The Morgan fingerprint density at radius 1 is 1.12 bits per heavy atom. The minimum absolute atomic E-state index is 0.0777. The third-order valence-electron chi connectivity index (χ3n) is 4.46. The van der Waals surface area contributed by atoms with Crippen molar-refractivity contribution in [3.05, 3.63) is 27.1 Å². The number of carboxylic acids is 1. The van der Waals surface area contributed by atoms with Crippen LogP contribution in [0.2, 0.25) is 0 Å². The van der Waals surface area contributed by atoms with Crippen molar-refractivity contribution in [3.8, 4) is 0 Å². The summed E-state index contributed by atoms with van der Waals surface area (Å²) in [6, 6.07) is 0. The van der Waals surface area contributed by atoms with E-state index in [1.54, 1.807) is 4.57 Å². The van der Waals surface area contributed by atoms with Gasteiger partial charge in [0.1, 0.15) is 10.7 Å². The molecule has 0 atom stereocenters. The van der Waals surface area contributed by atoms with E-state index in [2.05, 4.69) is 18.8 Å². The molecule has 0 radical (unpaired) electrons. The van der Waals surface area contributed by atoms with E-state index < -0.39 is 5.97 Å². The third kappa shape index (κ3) is 4.91. The maximum Gasteiger partial charge on any atom is 0.337 e. The fourth-order valence-corrected chi connectivity index (χ4v) is 4.02. The molecule has 0 aliphatic carbocycles. The van der Waals surface area contributed by atoms with Crippen LogP contribution in [0, 0.1) is 0 Å². The van der Waals surface area contributed by atoms with Gasteiger partial charge in [0.05, 0.1) is 10.9 Å². The van der Waals surface area contributed by atoms with Gasteiger partial charge < -0.3 is 5.11 Å². The molecule has 0 amide bonds. The van der Waals surface area contributed by atoms with Gasteiger partial charge in [0.15, 0.2) is 0 Å². The molecule has 0 fully saturated rings. The maximum absolute atomic E-state index is 12.9. The molecule has 0 unspecified atom stereocenters. The molecule has 0 aliphatic rings. The van der Waals surface area contributed by atoms with Gasteiger partial charge in [-0.05, 0) is 12.8 Å². The van der Waals surface area contributed by atoms with Crippen LogP contribution in [0.25, 0.3) is 10.2 Å². The fraction of sp³-hybridized carbons (Fsp3) is 0.632. The summed E-state index contributed by atoms with van der Waals surface area (Å²) in [6.45, 7) is 4.89. The van der Waals surface area contributed by atoms with Crippen LogP contribution in [0.3, 0.4) is 0 Å². The Hall–Kier alpha value is -1.69. The minimum atomic E-state index is -1.06. The van der Waals surface area contributed by atoms with Gasteiger partial charge in [0.2, 0.25) is 0 Å². The second kappa shape index (κ2) is 9.70. The molecule has 2 heterocycles. The summed E-state index contributed by atoms with van der Waals surface area (Å²) < 4.78 is 1.71. The summed E-state index contributed by atoms with van der Waals surface area (Å²) in [5.41, 5.74) is -0.119. The average Bonchev–Trinajstić information content (AvgIpc) is 3.01. The smallest absolute Gasteiger partial charge is 0.337 e. The minimum Gasteiger partial charge on any atom is -0.478 e. The van der Waals surface area contributed by atoms with Crippen LogP contribution >= 0.6 is 11.3 Å². The average molecular weight is 365 g/mol. The standard InChI is InChI=1S/C19H28N2O3S/c1-3-5-6-7-8-9-10-12-21-15(11-4-2)20-17-16(18(21)22)14(13-25-17)19(23)24/h13H,3-12H2,1-2H3,(H,23,24). The van der Waals surface area contributed by atoms with Gasteiger partial charge in [-0.1, -0.05) is 52.4 Å². The lowest BCUT2D eigenvalue weighted by Gasteiger charge is -2.12.